The minimum atomic E-state index is -1.59. The smallest absolute Gasteiger partial charge is 0.328 e. The molecule has 140 valence electrons. The summed E-state index contributed by atoms with van der Waals surface area (Å²) in [6.45, 7) is -0.589. The first-order valence-electron chi connectivity index (χ1n) is 7.80. The number of benzene rings is 1. The fraction of sp³-hybridized carbons (Fsp3) is 0.353. The van der Waals surface area contributed by atoms with Crippen LogP contribution in [0.4, 0.5) is 0 Å². The third-order valence-corrected chi connectivity index (χ3v) is 4.08. The molecule has 0 unspecified atom stereocenters. The van der Waals surface area contributed by atoms with Crippen LogP contribution in [0, 0.1) is 0 Å². The zero-order chi connectivity index (χ0) is 18.8. The van der Waals surface area contributed by atoms with E-state index in [4.69, 9.17) is 19.0 Å². The maximum Gasteiger partial charge on any atom is 0.328 e. The number of hydrogen-bond donors (Lipinski definition) is 5. The molecule has 5 N–H and O–H groups in total. The minimum absolute atomic E-state index is 0.134. The minimum Gasteiger partial charge on any atom is -0.478 e. The standard InChI is InChI=1S/C17H18O9/c18-7-12-14(21)15(22)16(23)17(26-12)25-11-6-10-9(3-4-24-10)5-8(11)1-2-13(19)20/h1-6,12,14-18,21-23H,7H2,(H,19,20)/b2-1-/t12-,14-,15+,16-,17-/m0/s1. The Balaban J connectivity index is 1.93. The Kier molecular flexibility index (Phi) is 5.25. The Morgan fingerprint density at radius 2 is 1.96 bits per heavy atom. The first-order valence-corrected chi connectivity index (χ1v) is 7.80. The number of carboxylic acids is 1. The van der Waals surface area contributed by atoms with Crippen LogP contribution in [0.25, 0.3) is 17.0 Å². The van der Waals surface area contributed by atoms with Crippen LogP contribution in [0.15, 0.2) is 35.0 Å². The van der Waals surface area contributed by atoms with Gasteiger partial charge >= 0.3 is 5.97 Å². The molecule has 0 saturated carbocycles. The molecule has 5 atom stereocenters. The zero-order valence-corrected chi connectivity index (χ0v) is 13.4. The van der Waals surface area contributed by atoms with Crippen LogP contribution in [0.1, 0.15) is 5.56 Å². The highest BCUT2D eigenvalue weighted by Crippen LogP contribution is 2.31. The van der Waals surface area contributed by atoms with Gasteiger partial charge in [-0.1, -0.05) is 0 Å². The van der Waals surface area contributed by atoms with Crippen LogP contribution < -0.4 is 4.74 Å². The molecule has 1 aromatic carbocycles. The molecule has 0 radical (unpaired) electrons. The monoisotopic (exact) mass is 366 g/mol. The highest BCUT2D eigenvalue weighted by Gasteiger charge is 2.44. The summed E-state index contributed by atoms with van der Waals surface area (Å²) in [5.74, 6) is -1.02. The summed E-state index contributed by atoms with van der Waals surface area (Å²) in [6.07, 6.45) is -3.53. The molecule has 9 nitrogen and oxygen atoms in total. The number of carboxylic acid groups (broad SMARTS) is 1. The Hall–Kier alpha value is -2.43. The fourth-order valence-electron chi connectivity index (χ4n) is 2.69. The van der Waals surface area contributed by atoms with Gasteiger partial charge < -0.3 is 39.4 Å². The number of hydrogen-bond acceptors (Lipinski definition) is 8. The molecule has 1 fully saturated rings. The average Bonchev–Trinajstić information content (AvgIpc) is 3.07. The first kappa shape index (κ1) is 18.4. The van der Waals surface area contributed by atoms with Gasteiger partial charge in [0.05, 0.1) is 12.9 Å². The summed E-state index contributed by atoms with van der Waals surface area (Å²) in [6, 6.07) is 4.79. The summed E-state index contributed by atoms with van der Waals surface area (Å²) in [4.78, 5) is 10.8. The van der Waals surface area contributed by atoms with Crippen molar-refractivity contribution in [3.63, 3.8) is 0 Å². The van der Waals surface area contributed by atoms with Gasteiger partial charge in [0.15, 0.2) is 0 Å². The third-order valence-electron chi connectivity index (χ3n) is 4.08. The van der Waals surface area contributed by atoms with Crippen LogP contribution in [-0.4, -0.2) is 68.8 Å². The fourth-order valence-corrected chi connectivity index (χ4v) is 2.69. The van der Waals surface area contributed by atoms with Gasteiger partial charge in [-0.25, -0.2) is 4.79 Å². The molecule has 1 saturated heterocycles. The van der Waals surface area contributed by atoms with E-state index in [1.54, 1.807) is 12.1 Å². The van der Waals surface area contributed by atoms with E-state index in [1.165, 1.54) is 18.4 Å². The molecule has 1 aromatic heterocycles. The number of furan rings is 1. The lowest BCUT2D eigenvalue weighted by molar-refractivity contribution is -0.277. The van der Waals surface area contributed by atoms with E-state index < -0.39 is 43.3 Å². The number of ether oxygens (including phenoxy) is 2. The molecular formula is C17H18O9. The molecule has 0 amide bonds. The molecule has 26 heavy (non-hydrogen) atoms. The number of aliphatic hydroxyl groups is 4. The van der Waals surface area contributed by atoms with E-state index in [9.17, 15) is 25.2 Å². The molecule has 9 heteroatoms. The molecule has 3 rings (SSSR count). The zero-order valence-electron chi connectivity index (χ0n) is 13.4. The van der Waals surface area contributed by atoms with E-state index in [2.05, 4.69) is 0 Å². The quantitative estimate of drug-likeness (QED) is 0.450. The maximum atomic E-state index is 10.8. The number of fused-ring (bicyclic) bond motifs is 1. The normalized spacial score (nSPS) is 29.3. The van der Waals surface area contributed by atoms with Crippen LogP contribution >= 0.6 is 0 Å². The lowest BCUT2D eigenvalue weighted by Crippen LogP contribution is -2.60. The Labute approximate surface area is 147 Å². The summed E-state index contributed by atoms with van der Waals surface area (Å²) in [5, 5.41) is 48.5. The van der Waals surface area contributed by atoms with Gasteiger partial charge in [-0.05, 0) is 18.2 Å². The molecule has 0 aliphatic carbocycles. The van der Waals surface area contributed by atoms with Crippen molar-refractivity contribution >= 4 is 23.0 Å². The largest absolute Gasteiger partial charge is 0.478 e. The Morgan fingerprint density at radius 1 is 1.19 bits per heavy atom. The number of rotatable bonds is 5. The van der Waals surface area contributed by atoms with Crippen molar-refractivity contribution in [1.29, 1.82) is 0 Å². The van der Waals surface area contributed by atoms with E-state index in [-0.39, 0.29) is 5.75 Å². The predicted molar refractivity (Wildman–Crippen MR) is 87.3 cm³/mol. The van der Waals surface area contributed by atoms with Crippen molar-refractivity contribution in [2.24, 2.45) is 0 Å². The van der Waals surface area contributed by atoms with Gasteiger partial charge in [0.2, 0.25) is 6.29 Å². The third kappa shape index (κ3) is 3.57. The maximum absolute atomic E-state index is 10.8. The van der Waals surface area contributed by atoms with Crippen molar-refractivity contribution in [3.8, 4) is 5.75 Å². The summed E-state index contributed by atoms with van der Waals surface area (Å²) in [7, 11) is 0. The lowest BCUT2D eigenvalue weighted by Gasteiger charge is -2.39. The molecule has 0 bridgehead atoms. The first-order chi connectivity index (χ1) is 12.4. The van der Waals surface area contributed by atoms with Gasteiger partial charge in [0.25, 0.3) is 0 Å². The number of aliphatic carboxylic acids is 1. The van der Waals surface area contributed by atoms with Crippen molar-refractivity contribution in [3.05, 3.63) is 36.1 Å². The second kappa shape index (κ2) is 7.44. The molecule has 2 aromatic rings. The van der Waals surface area contributed by atoms with Gasteiger partial charge in [-0.15, -0.1) is 0 Å². The SMILES string of the molecule is O=C(O)/C=C\c1cc2ccoc2cc1O[C@H]1O[C@@H](CO)[C@H](O)[C@@H](O)[C@@H]1O. The van der Waals surface area contributed by atoms with Gasteiger partial charge in [-0.2, -0.15) is 0 Å². The van der Waals surface area contributed by atoms with Crippen molar-refractivity contribution < 1.29 is 44.2 Å². The summed E-state index contributed by atoms with van der Waals surface area (Å²) >= 11 is 0. The lowest BCUT2D eigenvalue weighted by atomic mass is 9.99. The van der Waals surface area contributed by atoms with Crippen molar-refractivity contribution in [2.45, 2.75) is 30.7 Å². The van der Waals surface area contributed by atoms with Crippen LogP contribution in [0.5, 0.6) is 5.75 Å². The molecule has 1 aliphatic rings. The number of carbonyl (C=O) groups is 1. The molecule has 2 heterocycles. The van der Waals surface area contributed by atoms with E-state index >= 15 is 0 Å². The summed E-state index contributed by atoms with van der Waals surface area (Å²) in [5.41, 5.74) is 0.829. The average molecular weight is 366 g/mol. The predicted octanol–water partition coefficient (Wildman–Crippen LogP) is -0.291. The van der Waals surface area contributed by atoms with Crippen molar-refractivity contribution in [2.75, 3.05) is 6.61 Å². The van der Waals surface area contributed by atoms with Gasteiger partial charge in [0.1, 0.15) is 35.7 Å². The van der Waals surface area contributed by atoms with Crippen LogP contribution in [0.2, 0.25) is 0 Å². The topological polar surface area (TPSA) is 150 Å². The molecular weight excluding hydrogens is 348 g/mol. The Bertz CT molecular complexity index is 810. The van der Waals surface area contributed by atoms with Crippen molar-refractivity contribution in [1.82, 2.24) is 0 Å². The second-order valence-corrected chi connectivity index (χ2v) is 5.84. The van der Waals surface area contributed by atoms with Crippen LogP contribution in [-0.2, 0) is 9.53 Å². The highest BCUT2D eigenvalue weighted by atomic mass is 16.7. The molecule has 1 aliphatic heterocycles. The van der Waals surface area contributed by atoms with E-state index in [0.29, 0.717) is 16.5 Å². The van der Waals surface area contributed by atoms with Gasteiger partial charge in [0, 0.05) is 23.1 Å². The Morgan fingerprint density at radius 3 is 2.65 bits per heavy atom. The highest BCUT2D eigenvalue weighted by molar-refractivity contribution is 5.89. The van der Waals surface area contributed by atoms with Crippen LogP contribution in [0.3, 0.4) is 0 Å². The van der Waals surface area contributed by atoms with Gasteiger partial charge in [-0.3, -0.25) is 0 Å². The summed E-state index contributed by atoms with van der Waals surface area (Å²) < 4.78 is 16.2. The van der Waals surface area contributed by atoms with E-state index in [0.717, 1.165) is 6.08 Å². The number of aliphatic hydroxyl groups excluding tert-OH is 4. The molecule has 0 spiro atoms. The van der Waals surface area contributed by atoms with E-state index in [1.807, 2.05) is 0 Å². The second-order valence-electron chi connectivity index (χ2n) is 5.84.